The van der Waals surface area contributed by atoms with Crippen molar-refractivity contribution in [3.8, 4) is 68.3 Å². The molecule has 0 fully saturated rings. The zero-order valence-corrected chi connectivity index (χ0v) is 43.1. The van der Waals surface area contributed by atoms with Gasteiger partial charge in [0.2, 0.25) is 0 Å². The molecule has 4 aromatic heterocycles. The topological polar surface area (TPSA) is 67.3 Å². The number of benzene rings is 12. The molecule has 0 aliphatic carbocycles. The second-order valence-corrected chi connectivity index (χ2v) is 20.7. The van der Waals surface area contributed by atoms with Crippen LogP contribution in [0.2, 0.25) is 0 Å². The normalized spacial score (nSPS) is 11.7. The molecule has 12 aromatic carbocycles. The van der Waals surface area contributed by atoms with Gasteiger partial charge in [-0.2, -0.15) is 10.5 Å². The van der Waals surface area contributed by atoms with Crippen molar-refractivity contribution in [2.45, 2.75) is 0 Å². The van der Waals surface area contributed by atoms with Crippen molar-refractivity contribution in [2.24, 2.45) is 0 Å². The van der Waals surface area contributed by atoms with Crippen LogP contribution in [-0.2, 0) is 0 Å². The van der Waals surface area contributed by atoms with Gasteiger partial charge < -0.3 is 18.3 Å². The molecule has 0 saturated heterocycles. The molecule has 6 heteroatoms. The molecular weight excluding hydrogens is 973 g/mol. The zero-order valence-electron chi connectivity index (χ0n) is 43.1. The Labute approximate surface area is 459 Å². The van der Waals surface area contributed by atoms with Crippen LogP contribution in [0.15, 0.2) is 267 Å². The van der Waals surface area contributed by atoms with Gasteiger partial charge in [-0.25, -0.2) is 0 Å². The van der Waals surface area contributed by atoms with Gasteiger partial charge in [-0.3, -0.25) is 0 Å². The molecule has 0 bridgehead atoms. The Balaban J connectivity index is 0.853. The van der Waals surface area contributed by atoms with Crippen LogP contribution in [0.3, 0.4) is 0 Å². The summed E-state index contributed by atoms with van der Waals surface area (Å²) in [5.41, 5.74) is 20.0. The van der Waals surface area contributed by atoms with Crippen molar-refractivity contribution in [1.82, 2.24) is 18.3 Å². The van der Waals surface area contributed by atoms with E-state index in [2.05, 4.69) is 273 Å². The van der Waals surface area contributed by atoms with Crippen molar-refractivity contribution in [3.63, 3.8) is 0 Å². The van der Waals surface area contributed by atoms with Gasteiger partial charge in [0.1, 0.15) is 0 Å². The van der Waals surface area contributed by atoms with Crippen LogP contribution in [-0.4, -0.2) is 18.3 Å². The van der Waals surface area contributed by atoms with E-state index in [9.17, 15) is 10.5 Å². The van der Waals surface area contributed by atoms with E-state index in [4.69, 9.17) is 0 Å². The van der Waals surface area contributed by atoms with Crippen LogP contribution in [0.5, 0.6) is 0 Å². The first kappa shape index (κ1) is 45.1. The summed E-state index contributed by atoms with van der Waals surface area (Å²) in [4.78, 5) is 0. The lowest BCUT2D eigenvalue weighted by molar-refractivity contribution is 1.16. The van der Waals surface area contributed by atoms with E-state index in [1.165, 1.54) is 43.6 Å². The van der Waals surface area contributed by atoms with Crippen LogP contribution in [0.25, 0.3) is 143 Å². The molecule has 80 heavy (non-hydrogen) atoms. The summed E-state index contributed by atoms with van der Waals surface area (Å²) < 4.78 is 9.39. The van der Waals surface area contributed by atoms with Gasteiger partial charge in [0, 0.05) is 65.6 Å². The molecule has 6 nitrogen and oxygen atoms in total. The SMILES string of the molecule is N#Cc1ccc(-n2c3ccccc3c3cc(-c4cccc(-n5c6ccccc6c6ccccc65)c4)ccc32)c(-c2cc(C#N)ccc2-n2c3ccccc3c3cc(-c4cccc(-n5c6ccccc6c6ccccc65)c4)ccc32)c1. The van der Waals surface area contributed by atoms with Gasteiger partial charge in [-0.15, -0.1) is 0 Å². The number of rotatable bonds is 7. The molecule has 0 unspecified atom stereocenters. The highest BCUT2D eigenvalue weighted by atomic mass is 15.0. The molecule has 16 rings (SSSR count). The van der Waals surface area contributed by atoms with Gasteiger partial charge in [0.25, 0.3) is 0 Å². The first-order valence-corrected chi connectivity index (χ1v) is 26.9. The van der Waals surface area contributed by atoms with Gasteiger partial charge in [-0.05, 0) is 144 Å². The first-order valence-electron chi connectivity index (χ1n) is 26.9. The van der Waals surface area contributed by atoms with Crippen molar-refractivity contribution in [3.05, 3.63) is 278 Å². The van der Waals surface area contributed by atoms with Gasteiger partial charge >= 0.3 is 0 Å². The molecular formula is C74H44N6. The molecule has 370 valence electrons. The summed E-state index contributed by atoms with van der Waals surface area (Å²) in [7, 11) is 0. The molecule has 0 radical (unpaired) electrons. The maximum atomic E-state index is 10.6. The van der Waals surface area contributed by atoms with Crippen LogP contribution in [0.4, 0.5) is 0 Å². The zero-order chi connectivity index (χ0) is 53.0. The highest BCUT2D eigenvalue weighted by Crippen LogP contribution is 2.44. The minimum atomic E-state index is 0.526. The smallest absolute Gasteiger partial charge is 0.0991 e. The quantitative estimate of drug-likeness (QED) is 0.160. The predicted octanol–water partition coefficient (Wildman–Crippen LogP) is 18.8. The number of para-hydroxylation sites is 6. The Morgan fingerprint density at radius 2 is 0.525 bits per heavy atom. The monoisotopic (exact) mass is 1020 g/mol. The summed E-state index contributed by atoms with van der Waals surface area (Å²) in [6, 6.07) is 99.7. The Morgan fingerprint density at radius 1 is 0.225 bits per heavy atom. The second kappa shape index (κ2) is 17.7. The molecule has 0 N–H and O–H groups in total. The fourth-order valence-electron chi connectivity index (χ4n) is 12.9. The molecule has 0 aliphatic rings. The fraction of sp³-hybridized carbons (Fsp3) is 0. The summed E-state index contributed by atoms with van der Waals surface area (Å²) >= 11 is 0. The van der Waals surface area contributed by atoms with Gasteiger partial charge in [-0.1, -0.05) is 146 Å². The Hall–Kier alpha value is -11.2. The lowest BCUT2D eigenvalue weighted by atomic mass is 9.97. The highest BCUT2D eigenvalue weighted by Gasteiger charge is 2.23. The van der Waals surface area contributed by atoms with Crippen molar-refractivity contribution in [2.75, 3.05) is 0 Å². The van der Waals surface area contributed by atoms with Crippen molar-refractivity contribution < 1.29 is 0 Å². The summed E-state index contributed by atoms with van der Waals surface area (Å²) in [5.74, 6) is 0. The number of fused-ring (bicyclic) bond motifs is 12. The molecule has 0 spiro atoms. The Bertz CT molecular complexity index is 4910. The lowest BCUT2D eigenvalue weighted by Crippen LogP contribution is -2.02. The third-order valence-corrected chi connectivity index (χ3v) is 16.4. The number of hydrogen-bond acceptors (Lipinski definition) is 2. The molecule has 16 aromatic rings. The summed E-state index contributed by atoms with van der Waals surface area (Å²) in [5, 5.41) is 30.6. The van der Waals surface area contributed by atoms with E-state index in [0.717, 1.165) is 99.7 Å². The van der Waals surface area contributed by atoms with E-state index in [0.29, 0.717) is 11.1 Å². The highest BCUT2D eigenvalue weighted by molar-refractivity contribution is 6.14. The van der Waals surface area contributed by atoms with Crippen molar-refractivity contribution in [1.29, 1.82) is 10.5 Å². The average Bonchev–Trinajstić information content (AvgIpc) is 4.36. The maximum Gasteiger partial charge on any atom is 0.0991 e. The number of aromatic nitrogens is 4. The third kappa shape index (κ3) is 6.77. The second-order valence-electron chi connectivity index (χ2n) is 20.7. The van der Waals surface area contributed by atoms with Crippen LogP contribution >= 0.6 is 0 Å². The van der Waals surface area contributed by atoms with E-state index in [-0.39, 0.29) is 0 Å². The lowest BCUT2D eigenvalue weighted by Gasteiger charge is -2.19. The third-order valence-electron chi connectivity index (χ3n) is 16.4. The number of nitrogens with zero attached hydrogens (tertiary/aromatic N) is 6. The molecule has 4 heterocycles. The average molecular weight is 1020 g/mol. The number of hydrogen-bond donors (Lipinski definition) is 0. The summed E-state index contributed by atoms with van der Waals surface area (Å²) in [6.07, 6.45) is 0. The van der Waals surface area contributed by atoms with Crippen molar-refractivity contribution >= 4 is 87.2 Å². The molecule has 0 amide bonds. The van der Waals surface area contributed by atoms with Crippen LogP contribution in [0.1, 0.15) is 11.1 Å². The number of nitriles is 2. The minimum absolute atomic E-state index is 0.526. The molecule has 0 saturated carbocycles. The van der Waals surface area contributed by atoms with E-state index in [1.807, 2.05) is 24.3 Å². The van der Waals surface area contributed by atoms with E-state index in [1.54, 1.807) is 0 Å². The molecule has 0 aliphatic heterocycles. The maximum absolute atomic E-state index is 10.6. The standard InChI is InChI=1S/C74H44N6/c75-45-47-31-35-71(79-69-29-11-5-23-59(69)63-43-51(33-37-73(63)79)49-15-13-17-53(41-49)77-65-25-7-1-19-55(65)56-20-2-8-26-66(56)77)61(39-47)62-40-48(46-76)32-36-72(62)80-70-30-12-6-24-60(70)64-44-52(34-38-74(64)80)50-16-14-18-54(42-50)78-67-27-9-3-21-57(67)58-22-4-10-28-68(58)78/h1-44H. The first-order chi connectivity index (χ1) is 39.6. The van der Waals surface area contributed by atoms with Crippen LogP contribution in [0, 0.1) is 22.7 Å². The van der Waals surface area contributed by atoms with E-state index < -0.39 is 0 Å². The predicted molar refractivity (Wildman–Crippen MR) is 330 cm³/mol. The van der Waals surface area contributed by atoms with Gasteiger partial charge in [0.05, 0.1) is 78.8 Å². The molecule has 0 atom stereocenters. The fourth-order valence-corrected chi connectivity index (χ4v) is 12.9. The largest absolute Gasteiger partial charge is 0.309 e. The minimum Gasteiger partial charge on any atom is -0.309 e. The van der Waals surface area contributed by atoms with Gasteiger partial charge in [0.15, 0.2) is 0 Å². The Morgan fingerprint density at radius 3 is 0.875 bits per heavy atom. The Kier molecular flexibility index (Phi) is 9.96. The van der Waals surface area contributed by atoms with E-state index >= 15 is 0 Å². The van der Waals surface area contributed by atoms with Crippen LogP contribution < -0.4 is 0 Å². The summed E-state index contributed by atoms with van der Waals surface area (Å²) in [6.45, 7) is 0.